The first kappa shape index (κ1) is 14.4. The van der Waals surface area contributed by atoms with Gasteiger partial charge in [-0.15, -0.1) is 0 Å². The molecule has 0 N–H and O–H groups in total. The molecule has 0 amide bonds. The maximum Gasteiger partial charge on any atom is 0.161 e. The molecule has 1 fully saturated rings. The number of halogens is 1. The molecule has 104 valence electrons. The molecule has 0 radical (unpaired) electrons. The Kier molecular flexibility index (Phi) is 4.16. The second-order valence-electron chi connectivity index (χ2n) is 5.63. The Morgan fingerprint density at radius 2 is 2.05 bits per heavy atom. The molecule has 1 aliphatic rings. The molecule has 1 aliphatic heterocycles. The highest BCUT2D eigenvalue weighted by molar-refractivity contribution is 6.34. The van der Waals surface area contributed by atoms with E-state index in [1.165, 1.54) is 0 Å². The maximum atomic E-state index is 11.4. The summed E-state index contributed by atoms with van der Waals surface area (Å²) < 4.78 is 0. The number of likely N-dealkylation sites (N-methyl/N-ethyl adjacent to an activating group) is 1. The van der Waals surface area contributed by atoms with Crippen LogP contribution in [0.1, 0.15) is 24.2 Å². The van der Waals surface area contributed by atoms with E-state index >= 15 is 0 Å². The average molecular weight is 281 g/mol. The summed E-state index contributed by atoms with van der Waals surface area (Å²) in [5.74, 6) is 0.638. The van der Waals surface area contributed by atoms with Crippen LogP contribution in [0, 0.1) is 5.92 Å². The maximum absolute atomic E-state index is 11.4. The number of carbonyl (C=O) groups excluding carboxylic acids is 1. The van der Waals surface area contributed by atoms with Crippen molar-refractivity contribution in [2.45, 2.75) is 19.9 Å². The Bertz CT molecular complexity index is 487. The number of hydrogen-bond donors (Lipinski definition) is 0. The molecule has 1 heterocycles. The summed E-state index contributed by atoms with van der Waals surface area (Å²) in [6, 6.07) is 6.29. The van der Waals surface area contributed by atoms with Gasteiger partial charge in [0.25, 0.3) is 0 Å². The van der Waals surface area contributed by atoms with Crippen molar-refractivity contribution in [2.75, 3.05) is 32.1 Å². The number of anilines is 1. The van der Waals surface area contributed by atoms with E-state index in [4.69, 9.17) is 11.6 Å². The van der Waals surface area contributed by atoms with Crippen molar-refractivity contribution in [1.82, 2.24) is 4.90 Å². The predicted molar refractivity (Wildman–Crippen MR) is 80.3 cm³/mol. The van der Waals surface area contributed by atoms with Gasteiger partial charge in [0, 0.05) is 30.4 Å². The van der Waals surface area contributed by atoms with Crippen molar-refractivity contribution in [2.24, 2.45) is 5.92 Å². The first-order valence-corrected chi connectivity index (χ1v) is 6.99. The third-order valence-electron chi connectivity index (χ3n) is 3.93. The number of rotatable bonds is 3. The van der Waals surface area contributed by atoms with Gasteiger partial charge in [0.2, 0.25) is 0 Å². The van der Waals surface area contributed by atoms with E-state index in [9.17, 15) is 4.79 Å². The van der Waals surface area contributed by atoms with Gasteiger partial charge >= 0.3 is 0 Å². The number of benzene rings is 1. The van der Waals surface area contributed by atoms with Crippen LogP contribution in [0.2, 0.25) is 5.02 Å². The van der Waals surface area contributed by atoms with E-state index in [0.717, 1.165) is 18.8 Å². The van der Waals surface area contributed by atoms with Crippen LogP contribution in [0.3, 0.4) is 0 Å². The zero-order valence-corrected chi connectivity index (χ0v) is 12.7. The van der Waals surface area contributed by atoms with Crippen LogP contribution in [-0.4, -0.2) is 43.9 Å². The summed E-state index contributed by atoms with van der Waals surface area (Å²) in [6.45, 7) is 5.85. The van der Waals surface area contributed by atoms with Crippen molar-refractivity contribution in [3.8, 4) is 0 Å². The van der Waals surface area contributed by atoms with Gasteiger partial charge in [-0.1, -0.05) is 18.5 Å². The molecular formula is C15H21ClN2O. The highest BCUT2D eigenvalue weighted by atomic mass is 35.5. The standard InChI is InChI=1S/C15H21ClN2O/c1-10-8-18(9-15(10)17(3)4)12-5-6-13(11(2)19)14(16)7-12/h5-7,10,15H,8-9H2,1-4H3. The molecule has 1 aromatic carbocycles. The molecule has 1 aromatic rings. The van der Waals surface area contributed by atoms with Crippen molar-refractivity contribution < 1.29 is 4.79 Å². The number of nitrogens with zero attached hydrogens (tertiary/aromatic N) is 2. The van der Waals surface area contributed by atoms with Gasteiger partial charge in [-0.25, -0.2) is 0 Å². The van der Waals surface area contributed by atoms with Crippen LogP contribution in [0.4, 0.5) is 5.69 Å². The molecule has 4 heteroatoms. The molecule has 19 heavy (non-hydrogen) atoms. The third kappa shape index (κ3) is 2.93. The normalized spacial score (nSPS) is 23.2. The van der Waals surface area contributed by atoms with Crippen LogP contribution >= 0.6 is 11.6 Å². The van der Waals surface area contributed by atoms with E-state index in [1.807, 2.05) is 18.2 Å². The van der Waals surface area contributed by atoms with Gasteiger partial charge in [0.05, 0.1) is 5.02 Å². The van der Waals surface area contributed by atoms with Crippen molar-refractivity contribution in [3.05, 3.63) is 28.8 Å². The lowest BCUT2D eigenvalue weighted by Crippen LogP contribution is -2.34. The SMILES string of the molecule is CC(=O)c1ccc(N2CC(C)C(N(C)C)C2)cc1Cl. The van der Waals surface area contributed by atoms with E-state index < -0.39 is 0 Å². The second kappa shape index (κ2) is 5.51. The summed E-state index contributed by atoms with van der Waals surface area (Å²) in [5, 5.41) is 0.547. The smallest absolute Gasteiger partial charge is 0.161 e. The molecule has 2 rings (SSSR count). The van der Waals surface area contributed by atoms with E-state index in [-0.39, 0.29) is 5.78 Å². The molecule has 0 bridgehead atoms. The summed E-state index contributed by atoms with van der Waals surface area (Å²) in [7, 11) is 4.24. The van der Waals surface area contributed by atoms with Crippen molar-refractivity contribution in [3.63, 3.8) is 0 Å². The lowest BCUT2D eigenvalue weighted by molar-refractivity contribution is 0.101. The highest BCUT2D eigenvalue weighted by Crippen LogP contribution is 2.29. The predicted octanol–water partition coefficient (Wildman–Crippen LogP) is 2.93. The number of hydrogen-bond acceptors (Lipinski definition) is 3. The molecule has 2 unspecified atom stereocenters. The lowest BCUT2D eigenvalue weighted by atomic mass is 10.1. The number of ketones is 1. The zero-order valence-electron chi connectivity index (χ0n) is 12.0. The molecular weight excluding hydrogens is 260 g/mol. The van der Waals surface area contributed by atoms with E-state index in [0.29, 0.717) is 22.5 Å². The Balaban J connectivity index is 2.20. The van der Waals surface area contributed by atoms with Crippen LogP contribution in [0.25, 0.3) is 0 Å². The molecule has 1 saturated heterocycles. The Morgan fingerprint density at radius 3 is 2.53 bits per heavy atom. The Morgan fingerprint density at radius 1 is 1.37 bits per heavy atom. The van der Waals surface area contributed by atoms with Gasteiger partial charge in [0.15, 0.2) is 5.78 Å². The molecule has 0 aliphatic carbocycles. The summed E-state index contributed by atoms with van der Waals surface area (Å²) in [4.78, 5) is 16.0. The van der Waals surface area contributed by atoms with Crippen LogP contribution in [-0.2, 0) is 0 Å². The largest absolute Gasteiger partial charge is 0.370 e. The first-order valence-electron chi connectivity index (χ1n) is 6.62. The summed E-state index contributed by atoms with van der Waals surface area (Å²) >= 11 is 6.18. The lowest BCUT2D eigenvalue weighted by Gasteiger charge is -2.23. The number of Topliss-reactive ketones (excluding diaryl/α,β-unsaturated/α-hetero) is 1. The minimum atomic E-state index is 0.0116. The molecule has 3 nitrogen and oxygen atoms in total. The summed E-state index contributed by atoms with van der Waals surface area (Å²) in [5.41, 5.74) is 1.70. The minimum Gasteiger partial charge on any atom is -0.370 e. The molecule has 0 aromatic heterocycles. The molecule has 2 atom stereocenters. The van der Waals surface area contributed by atoms with Crippen molar-refractivity contribution >= 4 is 23.1 Å². The summed E-state index contributed by atoms with van der Waals surface area (Å²) in [6.07, 6.45) is 0. The van der Waals surface area contributed by atoms with E-state index in [2.05, 4.69) is 30.8 Å². The second-order valence-corrected chi connectivity index (χ2v) is 6.04. The van der Waals surface area contributed by atoms with Gasteiger partial charge in [-0.2, -0.15) is 0 Å². The fourth-order valence-electron chi connectivity index (χ4n) is 2.82. The molecule has 0 spiro atoms. The quantitative estimate of drug-likeness (QED) is 0.796. The van der Waals surface area contributed by atoms with Crippen LogP contribution in [0.15, 0.2) is 18.2 Å². The topological polar surface area (TPSA) is 23.6 Å². The number of carbonyl (C=O) groups is 1. The van der Waals surface area contributed by atoms with E-state index in [1.54, 1.807) is 6.92 Å². The van der Waals surface area contributed by atoms with Crippen molar-refractivity contribution in [1.29, 1.82) is 0 Å². The minimum absolute atomic E-state index is 0.0116. The fourth-order valence-corrected chi connectivity index (χ4v) is 3.13. The Hall–Kier alpha value is -1.06. The average Bonchev–Trinajstić information content (AvgIpc) is 2.70. The fraction of sp³-hybridized carbons (Fsp3) is 0.533. The van der Waals surface area contributed by atoms with Gasteiger partial charge in [-0.3, -0.25) is 4.79 Å². The Labute approximate surface area is 120 Å². The first-order chi connectivity index (χ1) is 8.90. The third-order valence-corrected chi connectivity index (χ3v) is 4.25. The zero-order chi connectivity index (χ0) is 14.2. The van der Waals surface area contributed by atoms with Crippen LogP contribution in [0.5, 0.6) is 0 Å². The van der Waals surface area contributed by atoms with Crippen LogP contribution < -0.4 is 4.90 Å². The van der Waals surface area contributed by atoms with Gasteiger partial charge in [-0.05, 0) is 45.1 Å². The van der Waals surface area contributed by atoms with Gasteiger partial charge in [0.1, 0.15) is 0 Å². The molecule has 0 saturated carbocycles. The van der Waals surface area contributed by atoms with Gasteiger partial charge < -0.3 is 9.80 Å². The highest BCUT2D eigenvalue weighted by Gasteiger charge is 2.31. The monoisotopic (exact) mass is 280 g/mol.